The van der Waals surface area contributed by atoms with Crippen LogP contribution in [-0.2, 0) is 11.2 Å². The van der Waals surface area contributed by atoms with Crippen LogP contribution in [0, 0.1) is 0 Å². The van der Waals surface area contributed by atoms with Crippen molar-refractivity contribution in [3.63, 3.8) is 0 Å². The summed E-state index contributed by atoms with van der Waals surface area (Å²) in [6.07, 6.45) is 3.09. The summed E-state index contributed by atoms with van der Waals surface area (Å²) in [7, 11) is 0. The van der Waals surface area contributed by atoms with E-state index in [0.29, 0.717) is 6.04 Å². The zero-order chi connectivity index (χ0) is 13.7. The van der Waals surface area contributed by atoms with E-state index in [1.807, 2.05) is 18.2 Å². The van der Waals surface area contributed by atoms with Crippen LogP contribution < -0.4 is 11.1 Å². The minimum absolute atomic E-state index is 0.0792. The van der Waals surface area contributed by atoms with E-state index in [1.54, 1.807) is 6.92 Å². The van der Waals surface area contributed by atoms with Gasteiger partial charge in [0.05, 0.1) is 0 Å². The van der Waals surface area contributed by atoms with Crippen LogP contribution in [0.3, 0.4) is 0 Å². The highest BCUT2D eigenvalue weighted by molar-refractivity contribution is 5.73. The van der Waals surface area contributed by atoms with Crippen LogP contribution in [0.4, 0.5) is 5.69 Å². The summed E-state index contributed by atoms with van der Waals surface area (Å²) in [6.45, 7) is 4.74. The maximum atomic E-state index is 11.0. The summed E-state index contributed by atoms with van der Waals surface area (Å²) >= 11 is 0. The first-order chi connectivity index (χ1) is 9.15. The Morgan fingerprint density at radius 3 is 2.68 bits per heavy atom. The van der Waals surface area contributed by atoms with Gasteiger partial charge in [-0.1, -0.05) is 18.2 Å². The van der Waals surface area contributed by atoms with E-state index < -0.39 is 0 Å². The first-order valence-corrected chi connectivity index (χ1v) is 6.98. The quantitative estimate of drug-likeness (QED) is 0.806. The molecule has 0 saturated carbocycles. The molecule has 2 rings (SSSR count). The molecule has 0 bridgehead atoms. The topological polar surface area (TPSA) is 58.4 Å². The first kappa shape index (κ1) is 13.9. The molecular formula is C15H23N3O. The predicted octanol–water partition coefficient (Wildman–Crippen LogP) is 1.41. The molecule has 1 amide bonds. The van der Waals surface area contributed by atoms with Gasteiger partial charge < -0.3 is 16.0 Å². The van der Waals surface area contributed by atoms with Crippen LogP contribution >= 0.6 is 0 Å². The minimum atomic E-state index is 0.0792. The molecule has 1 aliphatic rings. The normalized spacial score (nSPS) is 17.3. The third kappa shape index (κ3) is 4.24. The highest BCUT2D eigenvalue weighted by atomic mass is 16.1. The number of likely N-dealkylation sites (tertiary alicyclic amines) is 1. The van der Waals surface area contributed by atoms with Crippen molar-refractivity contribution in [2.24, 2.45) is 0 Å². The Kier molecular flexibility index (Phi) is 4.80. The van der Waals surface area contributed by atoms with Gasteiger partial charge in [-0.15, -0.1) is 0 Å². The highest BCUT2D eigenvalue weighted by Crippen LogP contribution is 2.14. The number of anilines is 1. The molecular weight excluding hydrogens is 238 g/mol. The Labute approximate surface area is 115 Å². The van der Waals surface area contributed by atoms with Crippen molar-refractivity contribution < 1.29 is 4.79 Å². The standard InChI is InChI=1S/C15H23N3O/c1-12(19)17-14-7-10-18(11-8-14)9-6-13-4-2-3-5-15(13)16/h2-5,14H,6-11,16H2,1H3,(H,17,19). The molecule has 1 aromatic carbocycles. The Hall–Kier alpha value is -1.55. The Morgan fingerprint density at radius 2 is 2.05 bits per heavy atom. The van der Waals surface area contributed by atoms with Crippen molar-refractivity contribution in [2.75, 3.05) is 25.4 Å². The lowest BCUT2D eigenvalue weighted by Gasteiger charge is -2.32. The van der Waals surface area contributed by atoms with Crippen molar-refractivity contribution >= 4 is 11.6 Å². The second-order valence-electron chi connectivity index (χ2n) is 5.27. The first-order valence-electron chi connectivity index (χ1n) is 6.98. The largest absolute Gasteiger partial charge is 0.399 e. The van der Waals surface area contributed by atoms with E-state index in [2.05, 4.69) is 16.3 Å². The van der Waals surface area contributed by atoms with Crippen LogP contribution in [0.25, 0.3) is 0 Å². The van der Waals surface area contributed by atoms with E-state index in [-0.39, 0.29) is 5.91 Å². The summed E-state index contributed by atoms with van der Waals surface area (Å²) < 4.78 is 0. The molecule has 19 heavy (non-hydrogen) atoms. The number of nitrogens with zero attached hydrogens (tertiary/aromatic N) is 1. The van der Waals surface area contributed by atoms with Crippen LogP contribution in [0.2, 0.25) is 0 Å². The maximum Gasteiger partial charge on any atom is 0.217 e. The van der Waals surface area contributed by atoms with Crippen molar-refractivity contribution in [1.82, 2.24) is 10.2 Å². The molecule has 0 spiro atoms. The molecule has 0 aliphatic carbocycles. The third-order valence-corrected chi connectivity index (χ3v) is 3.75. The van der Waals surface area contributed by atoms with Crippen LogP contribution in [0.15, 0.2) is 24.3 Å². The highest BCUT2D eigenvalue weighted by Gasteiger charge is 2.19. The van der Waals surface area contributed by atoms with Gasteiger partial charge >= 0.3 is 0 Å². The van der Waals surface area contributed by atoms with Gasteiger partial charge in [0.1, 0.15) is 0 Å². The van der Waals surface area contributed by atoms with E-state index >= 15 is 0 Å². The third-order valence-electron chi connectivity index (χ3n) is 3.75. The number of carbonyl (C=O) groups excluding carboxylic acids is 1. The molecule has 1 saturated heterocycles. The number of nitrogen functional groups attached to an aromatic ring is 1. The lowest BCUT2D eigenvalue weighted by atomic mass is 10.0. The van der Waals surface area contributed by atoms with Gasteiger partial charge in [-0.05, 0) is 30.9 Å². The number of rotatable bonds is 4. The molecule has 4 nitrogen and oxygen atoms in total. The lowest BCUT2D eigenvalue weighted by Crippen LogP contribution is -2.44. The van der Waals surface area contributed by atoms with E-state index in [9.17, 15) is 4.79 Å². The molecule has 4 heteroatoms. The number of hydrogen-bond donors (Lipinski definition) is 2. The molecule has 1 aromatic rings. The second kappa shape index (κ2) is 6.57. The fourth-order valence-electron chi connectivity index (χ4n) is 2.63. The van der Waals surface area contributed by atoms with Crippen LogP contribution in [0.1, 0.15) is 25.3 Å². The number of nitrogens with one attached hydrogen (secondary N) is 1. The maximum absolute atomic E-state index is 11.0. The summed E-state index contributed by atoms with van der Waals surface area (Å²) in [5.41, 5.74) is 8.06. The Balaban J connectivity index is 1.74. The molecule has 0 unspecified atom stereocenters. The van der Waals surface area contributed by atoms with Gasteiger partial charge in [0, 0.05) is 38.3 Å². The average molecular weight is 261 g/mol. The number of hydrogen-bond acceptors (Lipinski definition) is 3. The fourth-order valence-corrected chi connectivity index (χ4v) is 2.63. The Bertz CT molecular complexity index is 425. The molecule has 1 heterocycles. The van der Waals surface area contributed by atoms with Crippen molar-refractivity contribution in [3.05, 3.63) is 29.8 Å². The van der Waals surface area contributed by atoms with Gasteiger partial charge in [0.25, 0.3) is 0 Å². The van der Waals surface area contributed by atoms with Gasteiger partial charge in [-0.25, -0.2) is 0 Å². The molecule has 0 aromatic heterocycles. The molecule has 0 radical (unpaired) electrons. The summed E-state index contributed by atoms with van der Waals surface area (Å²) in [6, 6.07) is 8.42. The Morgan fingerprint density at radius 1 is 1.37 bits per heavy atom. The van der Waals surface area contributed by atoms with Crippen molar-refractivity contribution in [1.29, 1.82) is 0 Å². The van der Waals surface area contributed by atoms with Gasteiger partial charge in [0.15, 0.2) is 0 Å². The predicted molar refractivity (Wildman–Crippen MR) is 77.8 cm³/mol. The van der Waals surface area contributed by atoms with E-state index in [4.69, 9.17) is 5.73 Å². The summed E-state index contributed by atoms with van der Waals surface area (Å²) in [5.74, 6) is 0.0792. The van der Waals surface area contributed by atoms with E-state index in [0.717, 1.165) is 44.6 Å². The lowest BCUT2D eigenvalue weighted by molar-refractivity contribution is -0.119. The number of para-hydroxylation sites is 1. The van der Waals surface area contributed by atoms with Crippen LogP contribution in [-0.4, -0.2) is 36.5 Å². The molecule has 104 valence electrons. The van der Waals surface area contributed by atoms with Crippen molar-refractivity contribution in [2.45, 2.75) is 32.2 Å². The number of piperidine rings is 1. The SMILES string of the molecule is CC(=O)NC1CCN(CCc2ccccc2N)CC1. The van der Waals surface area contributed by atoms with E-state index in [1.165, 1.54) is 5.56 Å². The van der Waals surface area contributed by atoms with Crippen molar-refractivity contribution in [3.8, 4) is 0 Å². The number of nitrogens with two attached hydrogens (primary N) is 1. The van der Waals surface area contributed by atoms with Gasteiger partial charge in [-0.3, -0.25) is 4.79 Å². The summed E-state index contributed by atoms with van der Waals surface area (Å²) in [4.78, 5) is 13.5. The minimum Gasteiger partial charge on any atom is -0.399 e. The fraction of sp³-hybridized carbons (Fsp3) is 0.533. The molecule has 0 atom stereocenters. The monoisotopic (exact) mass is 261 g/mol. The smallest absolute Gasteiger partial charge is 0.217 e. The van der Waals surface area contributed by atoms with Gasteiger partial charge in [0.2, 0.25) is 5.91 Å². The second-order valence-corrected chi connectivity index (χ2v) is 5.27. The van der Waals surface area contributed by atoms with Gasteiger partial charge in [-0.2, -0.15) is 0 Å². The summed E-state index contributed by atoms with van der Waals surface area (Å²) in [5, 5.41) is 3.00. The molecule has 1 fully saturated rings. The number of carbonyl (C=O) groups is 1. The van der Waals surface area contributed by atoms with Crippen LogP contribution in [0.5, 0.6) is 0 Å². The molecule has 3 N–H and O–H groups in total. The number of benzene rings is 1. The number of amides is 1. The zero-order valence-corrected chi connectivity index (χ0v) is 11.6. The average Bonchev–Trinajstić information content (AvgIpc) is 2.39. The molecule has 1 aliphatic heterocycles. The zero-order valence-electron chi connectivity index (χ0n) is 11.6.